The van der Waals surface area contributed by atoms with Crippen LogP contribution in [0.15, 0.2) is 24.4 Å². The predicted octanol–water partition coefficient (Wildman–Crippen LogP) is 2.12. The number of aromatic nitrogens is 2. The minimum atomic E-state index is -0.0714. The molecule has 27 heavy (non-hydrogen) atoms. The number of fused-ring (bicyclic) bond motifs is 1. The van der Waals surface area contributed by atoms with Gasteiger partial charge < -0.3 is 19.7 Å². The molecule has 0 spiro atoms. The SMILES string of the molecule is COc1cccc(C(=O)N2CCc3nc([C@@H]4CCCN4)ncc3C2)c1OC. The maximum atomic E-state index is 13.1. The van der Waals surface area contributed by atoms with Gasteiger partial charge in [-0.3, -0.25) is 4.79 Å². The highest BCUT2D eigenvalue weighted by Gasteiger charge is 2.27. The van der Waals surface area contributed by atoms with Crippen LogP contribution < -0.4 is 14.8 Å². The van der Waals surface area contributed by atoms with Gasteiger partial charge in [0, 0.05) is 31.3 Å². The predicted molar refractivity (Wildman–Crippen MR) is 100 cm³/mol. The van der Waals surface area contributed by atoms with Crippen LogP contribution in [0.2, 0.25) is 0 Å². The lowest BCUT2D eigenvalue weighted by atomic mass is 10.0. The lowest BCUT2D eigenvalue weighted by molar-refractivity contribution is 0.0729. The van der Waals surface area contributed by atoms with Crippen LogP contribution >= 0.6 is 0 Å². The Hall–Kier alpha value is -2.67. The van der Waals surface area contributed by atoms with Crippen molar-refractivity contribution in [3.05, 3.63) is 47.0 Å². The van der Waals surface area contributed by atoms with Gasteiger partial charge in [0.2, 0.25) is 0 Å². The fourth-order valence-corrected chi connectivity index (χ4v) is 3.80. The molecule has 1 atom stereocenters. The molecule has 2 aromatic rings. The average molecular weight is 368 g/mol. The fraction of sp³-hybridized carbons (Fsp3) is 0.450. The first kappa shape index (κ1) is 17.7. The number of nitrogens with zero attached hydrogens (tertiary/aromatic N) is 3. The number of carbonyl (C=O) groups excluding carboxylic acids is 1. The van der Waals surface area contributed by atoms with Gasteiger partial charge in [-0.05, 0) is 31.5 Å². The highest BCUT2D eigenvalue weighted by atomic mass is 16.5. The van der Waals surface area contributed by atoms with Gasteiger partial charge in [0.1, 0.15) is 5.82 Å². The van der Waals surface area contributed by atoms with Crippen LogP contribution in [-0.4, -0.2) is 48.1 Å². The van der Waals surface area contributed by atoms with E-state index in [4.69, 9.17) is 14.5 Å². The van der Waals surface area contributed by atoms with Gasteiger partial charge in [0.05, 0.1) is 31.5 Å². The summed E-state index contributed by atoms with van der Waals surface area (Å²) in [6, 6.07) is 5.62. The second-order valence-corrected chi connectivity index (χ2v) is 6.87. The maximum Gasteiger partial charge on any atom is 0.258 e. The van der Waals surface area contributed by atoms with Crippen LogP contribution in [0, 0.1) is 0 Å². The Labute approximate surface area is 158 Å². The second-order valence-electron chi connectivity index (χ2n) is 6.87. The average Bonchev–Trinajstić information content (AvgIpc) is 3.26. The van der Waals surface area contributed by atoms with Crippen molar-refractivity contribution in [3.8, 4) is 11.5 Å². The van der Waals surface area contributed by atoms with Gasteiger partial charge in [-0.2, -0.15) is 0 Å². The number of nitrogens with one attached hydrogen (secondary N) is 1. The van der Waals surface area contributed by atoms with Crippen molar-refractivity contribution in [2.75, 3.05) is 27.3 Å². The zero-order valence-corrected chi connectivity index (χ0v) is 15.7. The van der Waals surface area contributed by atoms with E-state index < -0.39 is 0 Å². The first-order valence-electron chi connectivity index (χ1n) is 9.29. The van der Waals surface area contributed by atoms with E-state index in [1.165, 1.54) is 0 Å². The third-order valence-corrected chi connectivity index (χ3v) is 5.25. The largest absolute Gasteiger partial charge is 0.493 e. The Morgan fingerprint density at radius 1 is 1.30 bits per heavy atom. The lowest BCUT2D eigenvalue weighted by Crippen LogP contribution is -2.37. The number of para-hydroxylation sites is 1. The lowest BCUT2D eigenvalue weighted by Gasteiger charge is -2.29. The summed E-state index contributed by atoms with van der Waals surface area (Å²) in [6.45, 7) is 2.16. The molecular weight excluding hydrogens is 344 g/mol. The molecule has 1 saturated heterocycles. The minimum absolute atomic E-state index is 0.0714. The molecule has 1 aromatic heterocycles. The summed E-state index contributed by atoms with van der Waals surface area (Å²) in [7, 11) is 3.12. The maximum absolute atomic E-state index is 13.1. The van der Waals surface area contributed by atoms with Crippen molar-refractivity contribution in [2.45, 2.75) is 31.8 Å². The standard InChI is InChI=1S/C20H24N4O3/c1-26-17-7-3-5-14(18(17)27-2)20(25)24-10-8-15-13(12-24)11-22-19(23-15)16-6-4-9-21-16/h3,5,7,11,16,21H,4,6,8-10,12H2,1-2H3/t16-/m0/s1. The first-order valence-corrected chi connectivity index (χ1v) is 9.29. The van der Waals surface area contributed by atoms with Gasteiger partial charge in [-0.25, -0.2) is 9.97 Å². The summed E-state index contributed by atoms with van der Waals surface area (Å²) in [4.78, 5) is 24.2. The zero-order chi connectivity index (χ0) is 18.8. The van der Waals surface area contributed by atoms with E-state index in [9.17, 15) is 4.79 Å². The molecule has 0 unspecified atom stereocenters. The molecule has 7 nitrogen and oxygen atoms in total. The molecular formula is C20H24N4O3. The van der Waals surface area contributed by atoms with Crippen LogP contribution in [0.3, 0.4) is 0 Å². The summed E-state index contributed by atoms with van der Waals surface area (Å²) in [6.07, 6.45) is 4.85. The topological polar surface area (TPSA) is 76.6 Å². The smallest absolute Gasteiger partial charge is 0.258 e. The summed E-state index contributed by atoms with van der Waals surface area (Å²) in [5.74, 6) is 1.82. The second kappa shape index (κ2) is 7.52. The molecule has 0 bridgehead atoms. The molecule has 1 fully saturated rings. The molecule has 7 heteroatoms. The number of hydrogen-bond donors (Lipinski definition) is 1. The van der Waals surface area contributed by atoms with Crippen molar-refractivity contribution in [1.29, 1.82) is 0 Å². The zero-order valence-electron chi connectivity index (χ0n) is 15.7. The Balaban J connectivity index is 1.55. The van der Waals surface area contributed by atoms with E-state index in [2.05, 4.69) is 10.3 Å². The highest BCUT2D eigenvalue weighted by molar-refractivity contribution is 5.98. The Morgan fingerprint density at radius 3 is 2.93 bits per heavy atom. The number of methoxy groups -OCH3 is 2. The van der Waals surface area contributed by atoms with Gasteiger partial charge in [-0.1, -0.05) is 6.07 Å². The molecule has 1 N–H and O–H groups in total. The molecule has 1 amide bonds. The number of ether oxygens (including phenoxy) is 2. The Kier molecular flexibility index (Phi) is 4.94. The van der Waals surface area contributed by atoms with Crippen LogP contribution in [0.25, 0.3) is 0 Å². The van der Waals surface area contributed by atoms with Crippen molar-refractivity contribution in [1.82, 2.24) is 20.2 Å². The molecule has 4 rings (SSSR count). The van der Waals surface area contributed by atoms with Crippen LogP contribution in [0.1, 0.15) is 46.3 Å². The van der Waals surface area contributed by atoms with Gasteiger partial charge in [0.25, 0.3) is 5.91 Å². The molecule has 0 radical (unpaired) electrons. The molecule has 2 aliphatic heterocycles. The molecule has 3 heterocycles. The number of carbonyl (C=O) groups is 1. The first-order chi connectivity index (χ1) is 13.2. The summed E-state index contributed by atoms with van der Waals surface area (Å²) < 4.78 is 10.7. The van der Waals surface area contributed by atoms with Crippen LogP contribution in [0.4, 0.5) is 0 Å². The van der Waals surface area contributed by atoms with Crippen molar-refractivity contribution < 1.29 is 14.3 Å². The molecule has 2 aliphatic rings. The van der Waals surface area contributed by atoms with E-state index in [1.807, 2.05) is 11.1 Å². The monoisotopic (exact) mass is 368 g/mol. The number of benzene rings is 1. The number of rotatable bonds is 4. The third-order valence-electron chi connectivity index (χ3n) is 5.25. The van der Waals surface area contributed by atoms with Gasteiger partial charge in [-0.15, -0.1) is 0 Å². The number of hydrogen-bond acceptors (Lipinski definition) is 6. The third kappa shape index (κ3) is 3.35. The fourth-order valence-electron chi connectivity index (χ4n) is 3.80. The summed E-state index contributed by atoms with van der Waals surface area (Å²) >= 11 is 0. The van der Waals surface area contributed by atoms with E-state index in [-0.39, 0.29) is 11.9 Å². The quantitative estimate of drug-likeness (QED) is 0.891. The van der Waals surface area contributed by atoms with Gasteiger partial charge in [0.15, 0.2) is 11.5 Å². The molecule has 142 valence electrons. The van der Waals surface area contributed by atoms with Crippen LogP contribution in [0.5, 0.6) is 11.5 Å². The Bertz CT molecular complexity index is 849. The van der Waals surface area contributed by atoms with Crippen molar-refractivity contribution in [3.63, 3.8) is 0 Å². The molecule has 0 aliphatic carbocycles. The molecule has 0 saturated carbocycles. The van der Waals surface area contributed by atoms with Crippen LogP contribution in [-0.2, 0) is 13.0 Å². The van der Waals surface area contributed by atoms with E-state index >= 15 is 0 Å². The normalized spacial score (nSPS) is 18.9. The van der Waals surface area contributed by atoms with E-state index in [0.29, 0.717) is 30.2 Å². The number of amides is 1. The summed E-state index contributed by atoms with van der Waals surface area (Å²) in [5.41, 5.74) is 2.57. The minimum Gasteiger partial charge on any atom is -0.493 e. The highest BCUT2D eigenvalue weighted by Crippen LogP contribution is 2.32. The van der Waals surface area contributed by atoms with Crippen molar-refractivity contribution in [2.24, 2.45) is 0 Å². The van der Waals surface area contributed by atoms with E-state index in [1.54, 1.807) is 32.4 Å². The molecule has 1 aromatic carbocycles. The van der Waals surface area contributed by atoms with Gasteiger partial charge >= 0.3 is 0 Å². The Morgan fingerprint density at radius 2 is 2.19 bits per heavy atom. The summed E-state index contributed by atoms with van der Waals surface area (Å²) in [5, 5.41) is 3.44. The van der Waals surface area contributed by atoms with E-state index in [0.717, 1.165) is 42.9 Å². The van der Waals surface area contributed by atoms with Crippen molar-refractivity contribution >= 4 is 5.91 Å².